The summed E-state index contributed by atoms with van der Waals surface area (Å²) < 4.78 is 1.89. The van der Waals surface area contributed by atoms with E-state index in [1.807, 2.05) is 54.6 Å². The number of carbonyl (C=O) groups is 1. The van der Waals surface area contributed by atoms with Gasteiger partial charge in [0.2, 0.25) is 0 Å². The van der Waals surface area contributed by atoms with Crippen LogP contribution in [0.1, 0.15) is 14.9 Å². The molecular weight excluding hydrogens is 277 g/mol. The molecule has 3 aromatic rings. The van der Waals surface area contributed by atoms with Crippen molar-refractivity contribution in [1.29, 1.82) is 0 Å². The van der Waals surface area contributed by atoms with Gasteiger partial charge in [-0.3, -0.25) is 0 Å². The Morgan fingerprint density at radius 1 is 0.941 bits per heavy atom. The van der Waals surface area contributed by atoms with Gasteiger partial charge in [0.25, 0.3) is 0 Å². The summed E-state index contributed by atoms with van der Waals surface area (Å²) in [6, 6.07) is 17.3. The molecule has 0 aliphatic carbocycles. The van der Waals surface area contributed by atoms with E-state index < -0.39 is 0 Å². The number of fused-ring (bicyclic) bond motifs is 1. The summed E-state index contributed by atoms with van der Waals surface area (Å²) in [4.78, 5) is 16.6. The molecule has 0 N–H and O–H groups in total. The molecule has 0 saturated heterocycles. The molecule has 2 aromatic carbocycles. The molecule has 1 aromatic heterocycles. The second kappa shape index (κ2) is 4.28. The molecule has 82 valence electrons. The monoisotopic (exact) mass is 287 g/mol. The van der Waals surface area contributed by atoms with E-state index in [0.717, 1.165) is 11.1 Å². The fraction of sp³-hybridized carbons (Fsp3) is 0. The Kier molecular flexibility index (Phi) is 2.63. The van der Waals surface area contributed by atoms with E-state index in [1.54, 1.807) is 0 Å². The number of hydrogen-bond donors (Lipinski definition) is 0. The summed E-state index contributed by atoms with van der Waals surface area (Å²) in [5.41, 5.74) is 1.67. The molecule has 2 nitrogen and oxygen atoms in total. The van der Waals surface area contributed by atoms with Crippen molar-refractivity contribution in [1.82, 2.24) is 4.98 Å². The summed E-state index contributed by atoms with van der Waals surface area (Å²) in [6.07, 6.45) is 0. The van der Waals surface area contributed by atoms with Crippen LogP contribution in [0.2, 0.25) is 0 Å². The average molecular weight is 286 g/mol. The van der Waals surface area contributed by atoms with Crippen molar-refractivity contribution >= 4 is 30.1 Å². The second-order valence-corrected chi connectivity index (χ2v) is 5.84. The normalized spacial score (nSPS) is 10.6. The molecule has 0 radical (unpaired) electrons. The van der Waals surface area contributed by atoms with E-state index in [4.69, 9.17) is 0 Å². The van der Waals surface area contributed by atoms with Gasteiger partial charge in [0.05, 0.1) is 0 Å². The van der Waals surface area contributed by atoms with Crippen LogP contribution in [0.15, 0.2) is 54.6 Å². The minimum atomic E-state index is 0.0452. The fourth-order valence-corrected chi connectivity index (χ4v) is 3.63. The zero-order valence-corrected chi connectivity index (χ0v) is 10.7. The van der Waals surface area contributed by atoms with Gasteiger partial charge in [0.1, 0.15) is 0 Å². The summed E-state index contributed by atoms with van der Waals surface area (Å²) in [5, 5.41) is 0. The number of hydrogen-bond acceptors (Lipinski definition) is 2. The molecule has 0 fully saturated rings. The van der Waals surface area contributed by atoms with Crippen LogP contribution >= 0.6 is 0 Å². The van der Waals surface area contributed by atoms with Gasteiger partial charge in [-0.15, -0.1) is 0 Å². The first kappa shape index (κ1) is 10.5. The van der Waals surface area contributed by atoms with Gasteiger partial charge in [-0.25, -0.2) is 0 Å². The molecule has 0 bridgehead atoms. The summed E-state index contributed by atoms with van der Waals surface area (Å²) in [6.45, 7) is 0. The molecule has 0 spiro atoms. The third kappa shape index (κ3) is 1.95. The van der Waals surface area contributed by atoms with Gasteiger partial charge in [-0.05, 0) is 0 Å². The fourth-order valence-electron chi connectivity index (χ4n) is 1.68. The van der Waals surface area contributed by atoms with Crippen molar-refractivity contribution in [2.45, 2.75) is 0 Å². The molecule has 0 saturated carbocycles. The molecular formula is C14H9NOSe. The van der Waals surface area contributed by atoms with Crippen molar-refractivity contribution in [3.8, 4) is 0 Å². The first-order chi connectivity index (χ1) is 8.34. The maximum absolute atomic E-state index is 12.2. The van der Waals surface area contributed by atoms with Crippen LogP contribution in [0, 0.1) is 0 Å². The van der Waals surface area contributed by atoms with Crippen LogP contribution in [-0.4, -0.2) is 25.3 Å². The Labute approximate surface area is 105 Å². The molecule has 0 aliphatic heterocycles. The number of nitrogens with zero attached hydrogens (tertiary/aromatic N) is 1. The summed E-state index contributed by atoms with van der Waals surface area (Å²) >= 11 is 0.0452. The predicted molar refractivity (Wildman–Crippen MR) is 68.6 cm³/mol. The summed E-state index contributed by atoms with van der Waals surface area (Å²) in [7, 11) is 0. The summed E-state index contributed by atoms with van der Waals surface area (Å²) in [5.74, 6) is 0.0572. The molecule has 1 heterocycles. The van der Waals surface area contributed by atoms with Gasteiger partial charge < -0.3 is 0 Å². The van der Waals surface area contributed by atoms with Crippen molar-refractivity contribution in [3.63, 3.8) is 0 Å². The quantitative estimate of drug-likeness (QED) is 0.535. The van der Waals surface area contributed by atoms with Crippen LogP contribution < -0.4 is 0 Å². The van der Waals surface area contributed by atoms with Gasteiger partial charge >= 0.3 is 105 Å². The maximum atomic E-state index is 12.2. The van der Waals surface area contributed by atoms with Gasteiger partial charge in [0.15, 0.2) is 0 Å². The van der Waals surface area contributed by atoms with Crippen LogP contribution in [0.5, 0.6) is 0 Å². The van der Waals surface area contributed by atoms with E-state index in [2.05, 4.69) is 4.98 Å². The average Bonchev–Trinajstić information content (AvgIpc) is 2.82. The van der Waals surface area contributed by atoms with E-state index in [0.29, 0.717) is 4.57 Å². The number of rotatable bonds is 2. The molecule has 0 aliphatic rings. The predicted octanol–water partition coefficient (Wildman–Crippen LogP) is 2.52. The first-order valence-corrected chi connectivity index (χ1v) is 7.01. The third-order valence-corrected chi connectivity index (χ3v) is 4.70. The van der Waals surface area contributed by atoms with Crippen LogP contribution in [0.25, 0.3) is 9.78 Å². The number of aromatic nitrogens is 1. The van der Waals surface area contributed by atoms with E-state index in [-0.39, 0.29) is 20.3 Å². The topological polar surface area (TPSA) is 30.0 Å². The molecule has 0 amide bonds. The van der Waals surface area contributed by atoms with E-state index in [1.165, 1.54) is 4.26 Å². The van der Waals surface area contributed by atoms with Crippen molar-refractivity contribution in [2.75, 3.05) is 0 Å². The Hall–Kier alpha value is -1.70. The van der Waals surface area contributed by atoms with Gasteiger partial charge in [-0.2, -0.15) is 0 Å². The molecule has 0 atom stereocenters. The number of ketones is 1. The first-order valence-electron chi connectivity index (χ1n) is 5.30. The zero-order valence-electron chi connectivity index (χ0n) is 8.96. The standard InChI is InChI=1S/C14H9NOSe/c16-13(10-6-2-1-3-7-10)14-15-11-8-4-5-9-12(11)17-14/h1-9H. The van der Waals surface area contributed by atoms with Crippen molar-refractivity contribution in [3.05, 3.63) is 64.7 Å². The van der Waals surface area contributed by atoms with Gasteiger partial charge in [-0.1, -0.05) is 0 Å². The number of carbonyl (C=O) groups excluding carboxylic acids is 1. The SMILES string of the molecule is O=C(c1ccccc1)c1nc2ccccc2[se]1. The molecule has 0 unspecified atom stereocenters. The van der Waals surface area contributed by atoms with E-state index >= 15 is 0 Å². The van der Waals surface area contributed by atoms with Crippen molar-refractivity contribution in [2.24, 2.45) is 0 Å². The van der Waals surface area contributed by atoms with Crippen molar-refractivity contribution < 1.29 is 4.79 Å². The minimum absolute atomic E-state index is 0.0452. The Morgan fingerprint density at radius 3 is 2.41 bits per heavy atom. The molecule has 3 heteroatoms. The Balaban J connectivity index is 2.07. The molecule has 17 heavy (non-hydrogen) atoms. The number of benzene rings is 2. The molecule has 3 rings (SSSR count). The second-order valence-electron chi connectivity index (χ2n) is 3.68. The van der Waals surface area contributed by atoms with E-state index in [9.17, 15) is 4.79 Å². The van der Waals surface area contributed by atoms with Crippen LogP contribution in [0.3, 0.4) is 0 Å². The van der Waals surface area contributed by atoms with Crippen LogP contribution in [-0.2, 0) is 0 Å². The Bertz CT molecular complexity index is 640. The Morgan fingerprint density at radius 2 is 1.65 bits per heavy atom. The number of para-hydroxylation sites is 1. The van der Waals surface area contributed by atoms with Gasteiger partial charge in [0, 0.05) is 0 Å². The van der Waals surface area contributed by atoms with Crippen LogP contribution in [0.4, 0.5) is 0 Å². The third-order valence-electron chi connectivity index (χ3n) is 2.52. The zero-order chi connectivity index (χ0) is 11.7.